The van der Waals surface area contributed by atoms with Gasteiger partial charge in [0.2, 0.25) is 0 Å². The Hall–Kier alpha value is -0.940. The molecule has 0 bridgehead atoms. The van der Waals surface area contributed by atoms with Gasteiger partial charge in [0.15, 0.2) is 0 Å². The molecule has 5 N–H and O–H groups in total. The number of aliphatic hydroxyl groups excluding tert-OH is 3. The molecule has 0 spiro atoms. The van der Waals surface area contributed by atoms with Crippen LogP contribution < -0.4 is 5.73 Å². The van der Waals surface area contributed by atoms with Crippen molar-refractivity contribution < 1.29 is 15.3 Å². The molecule has 0 saturated heterocycles. The highest BCUT2D eigenvalue weighted by Gasteiger charge is 2.13. The van der Waals surface area contributed by atoms with E-state index in [2.05, 4.69) is 6.92 Å². The van der Waals surface area contributed by atoms with Crippen LogP contribution >= 0.6 is 0 Å². The molecule has 4 nitrogen and oxygen atoms in total. The lowest BCUT2D eigenvalue weighted by Gasteiger charge is -2.17. The minimum absolute atomic E-state index is 0.0305. The van der Waals surface area contributed by atoms with Crippen molar-refractivity contribution in [3.63, 3.8) is 0 Å². The summed E-state index contributed by atoms with van der Waals surface area (Å²) in [6, 6.07) is 7.43. The largest absolute Gasteiger partial charge is 0.396 e. The molecule has 0 radical (unpaired) electrons. The third kappa shape index (κ3) is 7.93. The van der Waals surface area contributed by atoms with Gasteiger partial charge in [0, 0.05) is 12.6 Å². The van der Waals surface area contributed by atoms with Crippen LogP contribution in [0.5, 0.6) is 0 Å². The molecule has 132 valence electrons. The van der Waals surface area contributed by atoms with Crippen molar-refractivity contribution >= 4 is 0 Å². The second-order valence-electron chi connectivity index (χ2n) is 6.39. The van der Waals surface area contributed by atoms with E-state index in [9.17, 15) is 10.2 Å². The maximum Gasteiger partial charge on any atom is 0.0790 e. The van der Waals surface area contributed by atoms with Gasteiger partial charge in [0.1, 0.15) is 0 Å². The Labute approximate surface area is 140 Å². The maximum absolute atomic E-state index is 10.2. The smallest absolute Gasteiger partial charge is 0.0790 e. The zero-order valence-corrected chi connectivity index (χ0v) is 14.3. The number of rotatable bonds is 12. The summed E-state index contributed by atoms with van der Waals surface area (Å²) in [4.78, 5) is 0. The van der Waals surface area contributed by atoms with E-state index in [4.69, 9.17) is 10.8 Å². The Kier molecular flexibility index (Phi) is 10.1. The van der Waals surface area contributed by atoms with E-state index in [0.717, 1.165) is 24.0 Å². The number of aliphatic hydroxyl groups is 3. The number of nitrogens with two attached hydrogens (primary N) is 1. The van der Waals surface area contributed by atoms with Crippen LogP contribution in [-0.4, -0.2) is 28.0 Å². The summed E-state index contributed by atoms with van der Waals surface area (Å²) in [7, 11) is 0. The fourth-order valence-corrected chi connectivity index (χ4v) is 2.77. The third-order valence-electron chi connectivity index (χ3n) is 4.32. The monoisotopic (exact) mass is 323 g/mol. The second kappa shape index (κ2) is 11.6. The molecule has 4 heteroatoms. The molecular formula is C19H33NO3. The van der Waals surface area contributed by atoms with E-state index in [0.29, 0.717) is 12.8 Å². The van der Waals surface area contributed by atoms with Gasteiger partial charge in [-0.2, -0.15) is 0 Å². The van der Waals surface area contributed by atoms with Crippen molar-refractivity contribution in [2.75, 3.05) is 6.61 Å². The molecule has 1 aromatic carbocycles. The highest BCUT2D eigenvalue weighted by atomic mass is 16.3. The molecule has 0 amide bonds. The molecule has 1 rings (SSSR count). The van der Waals surface area contributed by atoms with E-state index in [1.54, 1.807) is 0 Å². The van der Waals surface area contributed by atoms with E-state index in [1.165, 1.54) is 25.7 Å². The molecule has 0 fully saturated rings. The molecule has 0 aliphatic rings. The van der Waals surface area contributed by atoms with Gasteiger partial charge in [-0.05, 0) is 30.4 Å². The summed E-state index contributed by atoms with van der Waals surface area (Å²) in [5.41, 5.74) is 7.94. The van der Waals surface area contributed by atoms with Crippen LogP contribution in [0.3, 0.4) is 0 Å². The summed E-state index contributed by atoms with van der Waals surface area (Å²) in [6.07, 6.45) is 6.55. The zero-order chi connectivity index (χ0) is 17.1. The van der Waals surface area contributed by atoms with Gasteiger partial charge in [-0.15, -0.1) is 0 Å². The fraction of sp³-hybridized carbons (Fsp3) is 0.684. The molecule has 0 aromatic heterocycles. The van der Waals surface area contributed by atoms with E-state index in [1.807, 2.05) is 24.3 Å². The topological polar surface area (TPSA) is 86.7 Å². The molecular weight excluding hydrogens is 290 g/mol. The first-order valence-corrected chi connectivity index (χ1v) is 8.90. The summed E-state index contributed by atoms with van der Waals surface area (Å²) in [5.74, 6) is 0. The highest BCUT2D eigenvalue weighted by Crippen LogP contribution is 2.23. The average Bonchev–Trinajstić information content (AvgIpc) is 2.54. The predicted molar refractivity (Wildman–Crippen MR) is 94.0 cm³/mol. The first kappa shape index (κ1) is 20.1. The van der Waals surface area contributed by atoms with Gasteiger partial charge >= 0.3 is 0 Å². The second-order valence-corrected chi connectivity index (χ2v) is 6.39. The molecule has 0 aliphatic heterocycles. The summed E-state index contributed by atoms with van der Waals surface area (Å²) >= 11 is 0. The zero-order valence-electron chi connectivity index (χ0n) is 14.3. The lowest BCUT2D eigenvalue weighted by Crippen LogP contribution is -2.19. The highest BCUT2D eigenvalue weighted by molar-refractivity contribution is 5.26. The van der Waals surface area contributed by atoms with Crippen LogP contribution in [0.2, 0.25) is 0 Å². The van der Waals surface area contributed by atoms with Crippen LogP contribution in [0, 0.1) is 0 Å². The maximum atomic E-state index is 10.2. The van der Waals surface area contributed by atoms with Crippen molar-refractivity contribution in [1.82, 2.24) is 0 Å². The Morgan fingerprint density at radius 2 is 1.52 bits per heavy atom. The van der Waals surface area contributed by atoms with Gasteiger partial charge in [-0.25, -0.2) is 0 Å². The predicted octanol–water partition coefficient (Wildman–Crippen LogP) is 3.21. The van der Waals surface area contributed by atoms with Crippen molar-refractivity contribution in [1.29, 1.82) is 0 Å². The Morgan fingerprint density at radius 3 is 2.13 bits per heavy atom. The van der Waals surface area contributed by atoms with E-state index in [-0.39, 0.29) is 12.6 Å². The Morgan fingerprint density at radius 1 is 0.913 bits per heavy atom. The van der Waals surface area contributed by atoms with Crippen LogP contribution in [0.15, 0.2) is 24.3 Å². The molecule has 0 saturated carbocycles. The summed E-state index contributed by atoms with van der Waals surface area (Å²) in [5, 5.41) is 28.7. The molecule has 1 aromatic rings. The molecule has 0 heterocycles. The quantitative estimate of drug-likeness (QED) is 0.445. The standard InChI is InChI=1S/C19H33NO3/c1-2-3-4-5-6-7-19(23)16-10-8-15(9-11-16)18(20)14-17(22)12-13-21/h8-11,17-19,21-23H,2-7,12-14,20H2,1H3. The van der Waals surface area contributed by atoms with Crippen LogP contribution in [0.4, 0.5) is 0 Å². The number of benzene rings is 1. The minimum atomic E-state index is -0.580. The average molecular weight is 323 g/mol. The number of hydrogen-bond acceptors (Lipinski definition) is 4. The fourth-order valence-electron chi connectivity index (χ4n) is 2.77. The van der Waals surface area contributed by atoms with Gasteiger partial charge < -0.3 is 21.1 Å². The summed E-state index contributed by atoms with van der Waals surface area (Å²) < 4.78 is 0. The number of unbranched alkanes of at least 4 members (excludes halogenated alkanes) is 4. The van der Waals surface area contributed by atoms with Gasteiger partial charge in [0.05, 0.1) is 12.2 Å². The van der Waals surface area contributed by atoms with Crippen LogP contribution in [0.1, 0.15) is 81.6 Å². The molecule has 3 unspecified atom stereocenters. The normalized spacial score (nSPS) is 15.3. The summed E-state index contributed by atoms with van der Waals surface area (Å²) in [6.45, 7) is 2.17. The van der Waals surface area contributed by atoms with Gasteiger partial charge in [-0.1, -0.05) is 63.3 Å². The van der Waals surface area contributed by atoms with Crippen LogP contribution in [-0.2, 0) is 0 Å². The third-order valence-corrected chi connectivity index (χ3v) is 4.32. The van der Waals surface area contributed by atoms with E-state index >= 15 is 0 Å². The Balaban J connectivity index is 2.42. The van der Waals surface area contributed by atoms with Crippen LogP contribution in [0.25, 0.3) is 0 Å². The Bertz CT molecular complexity index is 408. The molecule has 0 aliphatic carbocycles. The van der Waals surface area contributed by atoms with Crippen molar-refractivity contribution in [3.05, 3.63) is 35.4 Å². The lowest BCUT2D eigenvalue weighted by atomic mass is 9.96. The van der Waals surface area contributed by atoms with Gasteiger partial charge in [-0.3, -0.25) is 0 Å². The molecule has 3 atom stereocenters. The van der Waals surface area contributed by atoms with Gasteiger partial charge in [0.25, 0.3) is 0 Å². The van der Waals surface area contributed by atoms with E-state index < -0.39 is 12.2 Å². The SMILES string of the molecule is CCCCCCCC(O)c1ccc(C(N)CC(O)CCO)cc1. The van der Waals surface area contributed by atoms with Crippen molar-refractivity contribution in [3.8, 4) is 0 Å². The molecule has 23 heavy (non-hydrogen) atoms. The first-order chi connectivity index (χ1) is 11.1. The first-order valence-electron chi connectivity index (χ1n) is 8.90. The van der Waals surface area contributed by atoms with Crippen molar-refractivity contribution in [2.45, 2.75) is 76.5 Å². The van der Waals surface area contributed by atoms with Crippen molar-refractivity contribution in [2.24, 2.45) is 5.73 Å². The minimum Gasteiger partial charge on any atom is -0.396 e. The number of hydrogen-bond donors (Lipinski definition) is 4. The lowest BCUT2D eigenvalue weighted by molar-refractivity contribution is 0.118.